The van der Waals surface area contributed by atoms with Gasteiger partial charge in [0.2, 0.25) is 0 Å². The lowest BCUT2D eigenvalue weighted by Crippen LogP contribution is -2.59. The van der Waals surface area contributed by atoms with Crippen molar-refractivity contribution in [2.75, 3.05) is 19.7 Å². The van der Waals surface area contributed by atoms with Gasteiger partial charge in [-0.15, -0.1) is 0 Å². The minimum Gasteiger partial charge on any atom is -0.377 e. The summed E-state index contributed by atoms with van der Waals surface area (Å²) < 4.78 is 5.70. The monoisotopic (exact) mass is 240 g/mol. The Bertz CT molecular complexity index is 228. The molecule has 0 radical (unpaired) electrons. The lowest BCUT2D eigenvalue weighted by atomic mass is 9.71. The molecule has 0 amide bonds. The van der Waals surface area contributed by atoms with Gasteiger partial charge >= 0.3 is 0 Å². The van der Waals surface area contributed by atoms with E-state index in [1.165, 1.54) is 44.9 Å². The first-order chi connectivity index (χ1) is 8.30. The Morgan fingerprint density at radius 1 is 1.29 bits per heavy atom. The maximum absolute atomic E-state index is 6.09. The molecule has 1 aliphatic carbocycles. The number of rotatable bonds is 5. The minimum atomic E-state index is 0.193. The second kappa shape index (κ2) is 6.17. The van der Waals surface area contributed by atoms with Gasteiger partial charge in [0.1, 0.15) is 0 Å². The molecule has 2 fully saturated rings. The Balaban J connectivity index is 1.91. The van der Waals surface area contributed by atoms with Crippen molar-refractivity contribution >= 4 is 0 Å². The molecule has 3 unspecified atom stereocenters. The van der Waals surface area contributed by atoms with Crippen molar-refractivity contribution in [3.05, 3.63) is 0 Å². The molecule has 1 saturated heterocycles. The fourth-order valence-electron chi connectivity index (χ4n) is 3.60. The van der Waals surface area contributed by atoms with Crippen LogP contribution in [0.3, 0.4) is 0 Å². The molecule has 3 N–H and O–H groups in total. The zero-order chi connectivity index (χ0) is 12.1. The molecule has 3 atom stereocenters. The number of nitrogens with two attached hydrogens (primary N) is 1. The fraction of sp³-hybridized carbons (Fsp3) is 1.00. The summed E-state index contributed by atoms with van der Waals surface area (Å²) in [5, 5.41) is 3.78. The summed E-state index contributed by atoms with van der Waals surface area (Å²) in [4.78, 5) is 0. The highest BCUT2D eigenvalue weighted by atomic mass is 16.5. The first-order valence-electron chi connectivity index (χ1n) is 7.37. The molecular formula is C14H28N2O. The maximum atomic E-state index is 6.09. The smallest absolute Gasteiger partial charge is 0.0700 e. The second-order valence-electron chi connectivity index (χ2n) is 5.73. The molecular weight excluding hydrogens is 212 g/mol. The molecule has 100 valence electrons. The highest BCUT2D eigenvalue weighted by molar-refractivity contribution is 4.98. The van der Waals surface area contributed by atoms with Gasteiger partial charge in [-0.2, -0.15) is 0 Å². The first kappa shape index (κ1) is 13.3. The SMILES string of the molecule is CCC1CCCCC1(CN)NCC1CCCO1. The average molecular weight is 240 g/mol. The van der Waals surface area contributed by atoms with Crippen LogP contribution in [0.5, 0.6) is 0 Å². The molecule has 0 spiro atoms. The van der Waals surface area contributed by atoms with Crippen LogP contribution < -0.4 is 11.1 Å². The van der Waals surface area contributed by atoms with Crippen molar-refractivity contribution in [3.8, 4) is 0 Å². The van der Waals surface area contributed by atoms with Gasteiger partial charge in [0.15, 0.2) is 0 Å². The van der Waals surface area contributed by atoms with Gasteiger partial charge in [-0.25, -0.2) is 0 Å². The Morgan fingerprint density at radius 2 is 2.18 bits per heavy atom. The predicted octanol–water partition coefficient (Wildman–Crippen LogP) is 2.05. The van der Waals surface area contributed by atoms with E-state index in [9.17, 15) is 0 Å². The van der Waals surface area contributed by atoms with Crippen molar-refractivity contribution in [1.82, 2.24) is 5.32 Å². The third-order valence-corrected chi connectivity index (χ3v) is 4.77. The maximum Gasteiger partial charge on any atom is 0.0700 e. The molecule has 1 heterocycles. The van der Waals surface area contributed by atoms with Crippen LogP contribution >= 0.6 is 0 Å². The highest BCUT2D eigenvalue weighted by Crippen LogP contribution is 2.35. The number of hydrogen-bond donors (Lipinski definition) is 2. The van der Waals surface area contributed by atoms with Crippen LogP contribution in [-0.4, -0.2) is 31.3 Å². The number of ether oxygens (including phenoxy) is 1. The van der Waals surface area contributed by atoms with E-state index in [0.717, 1.165) is 25.6 Å². The van der Waals surface area contributed by atoms with E-state index in [0.29, 0.717) is 6.10 Å². The first-order valence-corrected chi connectivity index (χ1v) is 7.37. The van der Waals surface area contributed by atoms with Gasteiger partial charge in [0.25, 0.3) is 0 Å². The van der Waals surface area contributed by atoms with Crippen LogP contribution in [0.2, 0.25) is 0 Å². The van der Waals surface area contributed by atoms with Gasteiger partial charge in [-0.3, -0.25) is 0 Å². The van der Waals surface area contributed by atoms with E-state index < -0.39 is 0 Å². The fourth-order valence-corrected chi connectivity index (χ4v) is 3.60. The van der Waals surface area contributed by atoms with Crippen LogP contribution in [0.25, 0.3) is 0 Å². The van der Waals surface area contributed by atoms with Gasteiger partial charge in [0, 0.05) is 25.2 Å². The molecule has 0 aromatic heterocycles. The third kappa shape index (κ3) is 3.01. The summed E-state index contributed by atoms with van der Waals surface area (Å²) in [6.07, 6.45) is 9.40. The lowest BCUT2D eigenvalue weighted by Gasteiger charge is -2.44. The molecule has 3 nitrogen and oxygen atoms in total. The summed E-state index contributed by atoms with van der Waals surface area (Å²) in [6, 6.07) is 0. The van der Waals surface area contributed by atoms with Gasteiger partial charge in [-0.1, -0.05) is 26.2 Å². The van der Waals surface area contributed by atoms with E-state index in [1.807, 2.05) is 0 Å². The van der Waals surface area contributed by atoms with Gasteiger partial charge < -0.3 is 15.8 Å². The third-order valence-electron chi connectivity index (χ3n) is 4.77. The van der Waals surface area contributed by atoms with Crippen LogP contribution in [-0.2, 0) is 4.74 Å². The Morgan fingerprint density at radius 3 is 2.82 bits per heavy atom. The van der Waals surface area contributed by atoms with E-state index in [2.05, 4.69) is 12.2 Å². The van der Waals surface area contributed by atoms with Crippen molar-refractivity contribution < 1.29 is 4.74 Å². The van der Waals surface area contributed by atoms with Crippen molar-refractivity contribution in [3.63, 3.8) is 0 Å². The largest absolute Gasteiger partial charge is 0.377 e. The molecule has 1 aliphatic heterocycles. The lowest BCUT2D eigenvalue weighted by molar-refractivity contribution is 0.0794. The molecule has 2 rings (SSSR count). The van der Waals surface area contributed by atoms with E-state index in [-0.39, 0.29) is 5.54 Å². The quantitative estimate of drug-likeness (QED) is 0.773. The molecule has 17 heavy (non-hydrogen) atoms. The van der Waals surface area contributed by atoms with Gasteiger partial charge in [0.05, 0.1) is 6.10 Å². The molecule has 1 saturated carbocycles. The van der Waals surface area contributed by atoms with Crippen LogP contribution in [0.15, 0.2) is 0 Å². The van der Waals surface area contributed by atoms with Crippen molar-refractivity contribution in [2.24, 2.45) is 11.7 Å². The molecule has 0 aromatic carbocycles. The Kier molecular flexibility index (Phi) is 4.83. The van der Waals surface area contributed by atoms with Crippen molar-refractivity contribution in [2.45, 2.75) is 63.5 Å². The molecule has 3 heteroatoms. The average Bonchev–Trinajstić information content (AvgIpc) is 2.89. The van der Waals surface area contributed by atoms with Crippen LogP contribution in [0, 0.1) is 5.92 Å². The zero-order valence-electron chi connectivity index (χ0n) is 11.2. The second-order valence-corrected chi connectivity index (χ2v) is 5.73. The Hall–Kier alpha value is -0.120. The van der Waals surface area contributed by atoms with Crippen LogP contribution in [0.1, 0.15) is 51.9 Å². The van der Waals surface area contributed by atoms with Crippen LogP contribution in [0.4, 0.5) is 0 Å². The minimum absolute atomic E-state index is 0.193. The highest BCUT2D eigenvalue weighted by Gasteiger charge is 2.38. The summed E-state index contributed by atoms with van der Waals surface area (Å²) in [7, 11) is 0. The number of hydrogen-bond acceptors (Lipinski definition) is 3. The number of nitrogens with one attached hydrogen (secondary N) is 1. The summed E-state index contributed by atoms with van der Waals surface area (Å²) in [5.74, 6) is 0.752. The predicted molar refractivity (Wildman–Crippen MR) is 71.0 cm³/mol. The molecule has 2 aliphatic rings. The standard InChI is InChI=1S/C14H28N2O/c1-2-12-6-3-4-8-14(12,11-15)16-10-13-7-5-9-17-13/h12-13,16H,2-11,15H2,1H3. The van der Waals surface area contributed by atoms with E-state index >= 15 is 0 Å². The zero-order valence-corrected chi connectivity index (χ0v) is 11.2. The van der Waals surface area contributed by atoms with E-state index in [1.54, 1.807) is 0 Å². The summed E-state index contributed by atoms with van der Waals surface area (Å²) in [6.45, 7) is 5.01. The van der Waals surface area contributed by atoms with Gasteiger partial charge in [-0.05, 0) is 31.6 Å². The molecule has 0 bridgehead atoms. The molecule has 0 aromatic rings. The summed E-state index contributed by atoms with van der Waals surface area (Å²) in [5.41, 5.74) is 6.28. The Labute approximate surface area is 105 Å². The summed E-state index contributed by atoms with van der Waals surface area (Å²) >= 11 is 0. The normalized spacial score (nSPS) is 38.5. The van der Waals surface area contributed by atoms with Crippen molar-refractivity contribution in [1.29, 1.82) is 0 Å². The van der Waals surface area contributed by atoms with E-state index in [4.69, 9.17) is 10.5 Å². The topological polar surface area (TPSA) is 47.3 Å².